The molecule has 23 heavy (non-hydrogen) atoms. The second kappa shape index (κ2) is 8.61. The summed E-state index contributed by atoms with van der Waals surface area (Å²) in [6.07, 6.45) is 2.66. The molecule has 7 nitrogen and oxygen atoms in total. The maximum absolute atomic E-state index is 4.60. The standard InChI is InChI=1S/C15H25N7S/c1-5-13-21-19-10-22(13)8-7-17-15(16-6-2)18-9-14-20-11(3)12(4)23-14/h10H,5-9H2,1-4H3,(H2,16,17,18). The van der Waals surface area contributed by atoms with Crippen LogP contribution in [-0.2, 0) is 19.5 Å². The van der Waals surface area contributed by atoms with Crippen LogP contribution in [0.4, 0.5) is 0 Å². The number of hydrogen-bond donors (Lipinski definition) is 2. The molecule has 0 unspecified atom stereocenters. The minimum Gasteiger partial charge on any atom is -0.357 e. The molecule has 0 aliphatic heterocycles. The number of rotatable bonds is 7. The van der Waals surface area contributed by atoms with Gasteiger partial charge in [-0.1, -0.05) is 6.92 Å². The highest BCUT2D eigenvalue weighted by atomic mass is 32.1. The number of thiazole rings is 1. The van der Waals surface area contributed by atoms with E-state index in [0.29, 0.717) is 6.54 Å². The Kier molecular flexibility index (Phi) is 6.52. The zero-order chi connectivity index (χ0) is 16.7. The number of aromatic nitrogens is 4. The van der Waals surface area contributed by atoms with Crippen LogP contribution < -0.4 is 10.6 Å². The molecule has 8 heteroatoms. The van der Waals surface area contributed by atoms with E-state index in [4.69, 9.17) is 0 Å². The summed E-state index contributed by atoms with van der Waals surface area (Å²) in [7, 11) is 0. The molecule has 0 amide bonds. The Morgan fingerprint density at radius 2 is 2.13 bits per heavy atom. The van der Waals surface area contributed by atoms with E-state index in [0.717, 1.165) is 48.5 Å². The molecule has 0 aliphatic rings. The van der Waals surface area contributed by atoms with Gasteiger partial charge in [-0.15, -0.1) is 21.5 Å². The first kappa shape index (κ1) is 17.4. The van der Waals surface area contributed by atoms with Gasteiger partial charge >= 0.3 is 0 Å². The van der Waals surface area contributed by atoms with Gasteiger partial charge in [-0.25, -0.2) is 9.98 Å². The molecule has 2 aromatic rings. The summed E-state index contributed by atoms with van der Waals surface area (Å²) < 4.78 is 2.06. The summed E-state index contributed by atoms with van der Waals surface area (Å²) in [5.41, 5.74) is 1.10. The lowest BCUT2D eigenvalue weighted by Gasteiger charge is -2.11. The van der Waals surface area contributed by atoms with E-state index < -0.39 is 0 Å². The van der Waals surface area contributed by atoms with Crippen LogP contribution in [0.1, 0.15) is 35.3 Å². The first-order chi connectivity index (χ1) is 11.1. The average molecular weight is 335 g/mol. The summed E-state index contributed by atoms with van der Waals surface area (Å²) in [4.78, 5) is 10.4. The fourth-order valence-corrected chi connectivity index (χ4v) is 2.99. The van der Waals surface area contributed by atoms with Gasteiger partial charge in [0.1, 0.15) is 17.2 Å². The molecule has 0 atom stereocenters. The maximum atomic E-state index is 4.60. The van der Waals surface area contributed by atoms with E-state index >= 15 is 0 Å². The molecular formula is C15H25N7S. The number of guanidine groups is 1. The summed E-state index contributed by atoms with van der Waals surface area (Å²) >= 11 is 1.71. The molecule has 2 aromatic heterocycles. The Labute approximate surface area is 141 Å². The number of aliphatic imine (C=N–C) groups is 1. The van der Waals surface area contributed by atoms with Crippen LogP contribution in [0.25, 0.3) is 0 Å². The minimum absolute atomic E-state index is 0.599. The maximum Gasteiger partial charge on any atom is 0.191 e. The van der Waals surface area contributed by atoms with E-state index in [1.54, 1.807) is 17.7 Å². The third kappa shape index (κ3) is 5.02. The van der Waals surface area contributed by atoms with Gasteiger partial charge in [0.05, 0.1) is 12.2 Å². The lowest BCUT2D eigenvalue weighted by atomic mass is 10.4. The zero-order valence-corrected chi connectivity index (χ0v) is 15.1. The topological polar surface area (TPSA) is 80.0 Å². The normalized spacial score (nSPS) is 11.7. The summed E-state index contributed by atoms with van der Waals surface area (Å²) in [6, 6.07) is 0. The number of nitrogens with zero attached hydrogens (tertiary/aromatic N) is 5. The van der Waals surface area contributed by atoms with Crippen molar-refractivity contribution in [2.75, 3.05) is 13.1 Å². The van der Waals surface area contributed by atoms with Crippen molar-refractivity contribution in [2.45, 2.75) is 47.2 Å². The quantitative estimate of drug-likeness (QED) is 0.594. The molecule has 0 saturated carbocycles. The molecule has 126 valence electrons. The lowest BCUT2D eigenvalue weighted by molar-refractivity contribution is 0.632. The van der Waals surface area contributed by atoms with E-state index in [9.17, 15) is 0 Å². The Hall–Kier alpha value is -1.96. The third-order valence-electron chi connectivity index (χ3n) is 3.45. The smallest absolute Gasteiger partial charge is 0.191 e. The molecule has 0 spiro atoms. The van der Waals surface area contributed by atoms with Gasteiger partial charge in [-0.3, -0.25) is 0 Å². The molecule has 0 bridgehead atoms. The molecule has 2 N–H and O–H groups in total. The number of aryl methyl sites for hydroxylation is 3. The Bertz CT molecular complexity index is 625. The first-order valence-electron chi connectivity index (χ1n) is 7.95. The highest BCUT2D eigenvalue weighted by molar-refractivity contribution is 7.11. The van der Waals surface area contributed by atoms with Crippen LogP contribution in [0, 0.1) is 13.8 Å². The predicted molar refractivity (Wildman–Crippen MR) is 93.8 cm³/mol. The molecule has 0 aromatic carbocycles. The van der Waals surface area contributed by atoms with Crippen LogP contribution in [0.15, 0.2) is 11.3 Å². The largest absolute Gasteiger partial charge is 0.357 e. The van der Waals surface area contributed by atoms with Crippen molar-refractivity contribution < 1.29 is 0 Å². The second-order valence-corrected chi connectivity index (χ2v) is 6.45. The molecule has 0 fully saturated rings. The van der Waals surface area contributed by atoms with Gasteiger partial charge in [-0.2, -0.15) is 0 Å². The van der Waals surface area contributed by atoms with Gasteiger partial charge in [-0.05, 0) is 20.8 Å². The lowest BCUT2D eigenvalue weighted by Crippen LogP contribution is -2.38. The van der Waals surface area contributed by atoms with Crippen LogP contribution in [-0.4, -0.2) is 38.8 Å². The zero-order valence-electron chi connectivity index (χ0n) is 14.3. The Morgan fingerprint density at radius 3 is 2.78 bits per heavy atom. The molecule has 2 heterocycles. The highest BCUT2D eigenvalue weighted by Gasteiger charge is 2.05. The minimum atomic E-state index is 0.599. The van der Waals surface area contributed by atoms with E-state index in [1.807, 2.05) is 6.92 Å². The van der Waals surface area contributed by atoms with Crippen LogP contribution >= 0.6 is 11.3 Å². The van der Waals surface area contributed by atoms with E-state index in [2.05, 4.69) is 56.1 Å². The van der Waals surface area contributed by atoms with Crippen molar-refractivity contribution >= 4 is 17.3 Å². The van der Waals surface area contributed by atoms with E-state index in [-0.39, 0.29) is 0 Å². The van der Waals surface area contributed by atoms with Crippen molar-refractivity contribution in [3.05, 3.63) is 27.7 Å². The van der Waals surface area contributed by atoms with Crippen LogP contribution in [0.5, 0.6) is 0 Å². The molecule has 2 rings (SSSR count). The van der Waals surface area contributed by atoms with Gasteiger partial charge < -0.3 is 15.2 Å². The molecule has 0 radical (unpaired) electrons. The summed E-state index contributed by atoms with van der Waals surface area (Å²) in [5, 5.41) is 15.7. The summed E-state index contributed by atoms with van der Waals surface area (Å²) in [5.74, 6) is 1.81. The SMILES string of the molecule is CCNC(=NCc1nc(C)c(C)s1)NCCn1cnnc1CC. The van der Waals surface area contributed by atoms with Crippen molar-refractivity contribution in [3.63, 3.8) is 0 Å². The number of hydrogen-bond acceptors (Lipinski definition) is 5. The van der Waals surface area contributed by atoms with Crippen LogP contribution in [0.3, 0.4) is 0 Å². The van der Waals surface area contributed by atoms with E-state index in [1.165, 1.54) is 4.88 Å². The van der Waals surface area contributed by atoms with Crippen molar-refractivity contribution in [1.82, 2.24) is 30.4 Å². The third-order valence-corrected chi connectivity index (χ3v) is 4.50. The van der Waals surface area contributed by atoms with Gasteiger partial charge in [0.15, 0.2) is 5.96 Å². The van der Waals surface area contributed by atoms with Crippen molar-refractivity contribution in [2.24, 2.45) is 4.99 Å². The number of nitrogens with one attached hydrogen (secondary N) is 2. The highest BCUT2D eigenvalue weighted by Crippen LogP contribution is 2.16. The Balaban J connectivity index is 1.88. The summed E-state index contributed by atoms with van der Waals surface area (Å²) in [6.45, 7) is 11.3. The van der Waals surface area contributed by atoms with Crippen LogP contribution in [0.2, 0.25) is 0 Å². The second-order valence-electron chi connectivity index (χ2n) is 5.17. The van der Waals surface area contributed by atoms with Gasteiger partial charge in [0.25, 0.3) is 0 Å². The average Bonchev–Trinajstić information content (AvgIpc) is 3.11. The Morgan fingerprint density at radius 1 is 1.30 bits per heavy atom. The monoisotopic (exact) mass is 335 g/mol. The predicted octanol–water partition coefficient (Wildman–Crippen LogP) is 1.67. The molecule has 0 aliphatic carbocycles. The molecular weight excluding hydrogens is 310 g/mol. The van der Waals surface area contributed by atoms with Crippen molar-refractivity contribution in [1.29, 1.82) is 0 Å². The van der Waals surface area contributed by atoms with Gasteiger partial charge in [0, 0.05) is 30.9 Å². The van der Waals surface area contributed by atoms with Crippen molar-refractivity contribution in [3.8, 4) is 0 Å². The fraction of sp³-hybridized carbons (Fsp3) is 0.600. The molecule has 0 saturated heterocycles. The first-order valence-corrected chi connectivity index (χ1v) is 8.77. The van der Waals surface area contributed by atoms with Gasteiger partial charge in [0.2, 0.25) is 0 Å². The fourth-order valence-electron chi connectivity index (χ4n) is 2.13.